The molecule has 0 amide bonds. The van der Waals surface area contributed by atoms with Gasteiger partial charge in [-0.2, -0.15) is 0 Å². The molecule has 0 aliphatic rings. The molecular weight excluding hydrogens is 124 g/mol. The van der Waals surface area contributed by atoms with Crippen molar-refractivity contribution in [2.24, 2.45) is 11.8 Å². The third kappa shape index (κ3) is 2.81. The van der Waals surface area contributed by atoms with Crippen LogP contribution in [0.5, 0.6) is 0 Å². The predicted molar refractivity (Wildman–Crippen MR) is 43.8 cm³/mol. The molecule has 0 N–H and O–H groups in total. The Labute approximate surface area is 63.1 Å². The van der Waals surface area contributed by atoms with Crippen molar-refractivity contribution < 1.29 is 4.79 Å². The zero-order valence-electron chi connectivity index (χ0n) is 7.22. The summed E-state index contributed by atoms with van der Waals surface area (Å²) in [7, 11) is 0. The highest BCUT2D eigenvalue weighted by Gasteiger charge is 2.13. The van der Waals surface area contributed by atoms with Crippen LogP contribution in [0.15, 0.2) is 12.2 Å². The third-order valence-electron chi connectivity index (χ3n) is 1.59. The summed E-state index contributed by atoms with van der Waals surface area (Å²) in [6, 6.07) is 0. The average molecular weight is 140 g/mol. The Kier molecular flexibility index (Phi) is 4.01. The van der Waals surface area contributed by atoms with Gasteiger partial charge in [0.1, 0.15) is 5.78 Å². The summed E-state index contributed by atoms with van der Waals surface area (Å²) in [4.78, 5) is 10.9. The van der Waals surface area contributed by atoms with Crippen LogP contribution in [-0.2, 0) is 4.79 Å². The first-order chi connectivity index (χ1) is 4.59. The summed E-state index contributed by atoms with van der Waals surface area (Å²) in [6.07, 6.45) is 3.90. The van der Waals surface area contributed by atoms with Gasteiger partial charge < -0.3 is 0 Å². The van der Waals surface area contributed by atoms with Crippen LogP contribution in [0.3, 0.4) is 0 Å². The zero-order chi connectivity index (χ0) is 8.15. The van der Waals surface area contributed by atoms with Crippen molar-refractivity contribution in [3.8, 4) is 0 Å². The maximum Gasteiger partial charge on any atom is 0.136 e. The molecule has 1 heteroatoms. The van der Waals surface area contributed by atoms with Gasteiger partial charge in [-0.3, -0.25) is 4.79 Å². The van der Waals surface area contributed by atoms with Gasteiger partial charge in [-0.15, -0.1) is 0 Å². The van der Waals surface area contributed by atoms with Crippen LogP contribution in [0.1, 0.15) is 27.7 Å². The number of rotatable bonds is 3. The van der Waals surface area contributed by atoms with Crippen LogP contribution < -0.4 is 0 Å². The second-order valence-electron chi connectivity index (χ2n) is 2.91. The average Bonchev–Trinajstić information content (AvgIpc) is 1.81. The van der Waals surface area contributed by atoms with E-state index in [0.717, 1.165) is 0 Å². The van der Waals surface area contributed by atoms with E-state index in [2.05, 4.69) is 13.8 Å². The molecule has 0 rings (SSSR count). The Morgan fingerprint density at radius 3 is 2.00 bits per heavy atom. The van der Waals surface area contributed by atoms with Crippen LogP contribution in [0.2, 0.25) is 0 Å². The Bertz CT molecular complexity index is 134. The number of carbonyl (C=O) groups is 1. The van der Waals surface area contributed by atoms with Crippen molar-refractivity contribution in [1.29, 1.82) is 0 Å². The molecule has 10 heavy (non-hydrogen) atoms. The van der Waals surface area contributed by atoms with Gasteiger partial charge in [0.25, 0.3) is 0 Å². The van der Waals surface area contributed by atoms with Crippen LogP contribution in [0, 0.1) is 11.8 Å². The lowest BCUT2D eigenvalue weighted by atomic mass is 9.92. The summed E-state index contributed by atoms with van der Waals surface area (Å²) < 4.78 is 0. The van der Waals surface area contributed by atoms with Crippen molar-refractivity contribution in [3.05, 3.63) is 12.2 Å². The molecule has 0 spiro atoms. The van der Waals surface area contributed by atoms with E-state index in [0.29, 0.717) is 5.92 Å². The van der Waals surface area contributed by atoms with Gasteiger partial charge >= 0.3 is 0 Å². The number of carbonyl (C=O) groups excluding carboxylic acids is 1. The minimum Gasteiger partial charge on any atom is -0.299 e. The monoisotopic (exact) mass is 140 g/mol. The maximum absolute atomic E-state index is 10.9. The fourth-order valence-electron chi connectivity index (χ4n) is 1.03. The molecule has 0 radical (unpaired) electrons. The van der Waals surface area contributed by atoms with Gasteiger partial charge in [0.05, 0.1) is 0 Å². The van der Waals surface area contributed by atoms with Crippen molar-refractivity contribution in [2.45, 2.75) is 27.7 Å². The highest BCUT2D eigenvalue weighted by molar-refractivity contribution is 5.80. The molecule has 0 saturated heterocycles. The molecule has 0 heterocycles. The number of hydrogen-bond acceptors (Lipinski definition) is 1. The van der Waals surface area contributed by atoms with Gasteiger partial charge in [0.2, 0.25) is 0 Å². The number of allylic oxidation sites excluding steroid dienone is 2. The Morgan fingerprint density at radius 2 is 1.90 bits per heavy atom. The summed E-state index contributed by atoms with van der Waals surface area (Å²) in [5.41, 5.74) is 0. The Hall–Kier alpha value is -0.590. The molecule has 0 bridgehead atoms. The van der Waals surface area contributed by atoms with E-state index in [1.165, 1.54) is 0 Å². The van der Waals surface area contributed by atoms with E-state index in [9.17, 15) is 4.79 Å². The molecule has 0 aromatic carbocycles. The van der Waals surface area contributed by atoms with Crippen molar-refractivity contribution in [1.82, 2.24) is 0 Å². The SMILES string of the molecule is C/C=C/C(C(C)=O)C(C)C. The quantitative estimate of drug-likeness (QED) is 0.550. The van der Waals surface area contributed by atoms with Crippen molar-refractivity contribution in [2.75, 3.05) is 0 Å². The minimum atomic E-state index is 0.116. The number of Topliss-reactive ketones (excluding diaryl/α,β-unsaturated/α-hetero) is 1. The molecule has 0 fully saturated rings. The number of hydrogen-bond donors (Lipinski definition) is 0. The second kappa shape index (κ2) is 4.26. The first-order valence-electron chi connectivity index (χ1n) is 3.72. The molecule has 0 aromatic rings. The molecule has 0 aromatic heterocycles. The summed E-state index contributed by atoms with van der Waals surface area (Å²) in [6.45, 7) is 7.71. The first kappa shape index (κ1) is 9.41. The molecule has 0 saturated carbocycles. The normalized spacial score (nSPS) is 14.5. The van der Waals surface area contributed by atoms with Gasteiger partial charge in [0, 0.05) is 5.92 Å². The lowest BCUT2D eigenvalue weighted by Gasteiger charge is -2.11. The van der Waals surface area contributed by atoms with Crippen LogP contribution in [0.25, 0.3) is 0 Å². The van der Waals surface area contributed by atoms with E-state index < -0.39 is 0 Å². The largest absolute Gasteiger partial charge is 0.299 e. The molecule has 0 aliphatic heterocycles. The lowest BCUT2D eigenvalue weighted by Crippen LogP contribution is -2.14. The highest BCUT2D eigenvalue weighted by Crippen LogP contribution is 2.12. The summed E-state index contributed by atoms with van der Waals surface area (Å²) in [5, 5.41) is 0. The lowest BCUT2D eigenvalue weighted by molar-refractivity contribution is -0.120. The van der Waals surface area contributed by atoms with Crippen molar-refractivity contribution >= 4 is 5.78 Å². The smallest absolute Gasteiger partial charge is 0.136 e. The summed E-state index contributed by atoms with van der Waals surface area (Å²) in [5.74, 6) is 0.798. The van der Waals surface area contributed by atoms with Crippen LogP contribution in [-0.4, -0.2) is 5.78 Å². The van der Waals surface area contributed by atoms with E-state index >= 15 is 0 Å². The van der Waals surface area contributed by atoms with E-state index in [1.54, 1.807) is 6.92 Å². The molecular formula is C9H16O. The maximum atomic E-state index is 10.9. The van der Waals surface area contributed by atoms with Gasteiger partial charge in [-0.05, 0) is 19.8 Å². The van der Waals surface area contributed by atoms with Crippen molar-refractivity contribution in [3.63, 3.8) is 0 Å². The topological polar surface area (TPSA) is 17.1 Å². The first-order valence-corrected chi connectivity index (χ1v) is 3.72. The fraction of sp³-hybridized carbons (Fsp3) is 0.667. The Morgan fingerprint density at radius 1 is 1.40 bits per heavy atom. The highest BCUT2D eigenvalue weighted by atomic mass is 16.1. The van der Waals surface area contributed by atoms with Gasteiger partial charge in [-0.25, -0.2) is 0 Å². The van der Waals surface area contributed by atoms with E-state index in [1.807, 2.05) is 19.1 Å². The van der Waals surface area contributed by atoms with Crippen LogP contribution >= 0.6 is 0 Å². The number of ketones is 1. The predicted octanol–water partition coefficient (Wildman–Crippen LogP) is 2.42. The minimum absolute atomic E-state index is 0.116. The van der Waals surface area contributed by atoms with Gasteiger partial charge in [0.15, 0.2) is 0 Å². The Balaban J connectivity index is 4.12. The molecule has 1 unspecified atom stereocenters. The van der Waals surface area contributed by atoms with Crippen LogP contribution in [0.4, 0.5) is 0 Å². The molecule has 1 atom stereocenters. The molecule has 58 valence electrons. The van der Waals surface area contributed by atoms with E-state index in [4.69, 9.17) is 0 Å². The second-order valence-corrected chi connectivity index (χ2v) is 2.91. The summed E-state index contributed by atoms with van der Waals surface area (Å²) >= 11 is 0. The zero-order valence-corrected chi connectivity index (χ0v) is 7.22. The molecule has 0 aliphatic carbocycles. The third-order valence-corrected chi connectivity index (χ3v) is 1.59. The molecule has 1 nitrogen and oxygen atoms in total. The standard InChI is InChI=1S/C9H16O/c1-5-6-9(7(2)3)8(4)10/h5-7,9H,1-4H3/b6-5+. The van der Waals surface area contributed by atoms with Gasteiger partial charge in [-0.1, -0.05) is 26.0 Å². The fourth-order valence-corrected chi connectivity index (χ4v) is 1.03. The van der Waals surface area contributed by atoms with E-state index in [-0.39, 0.29) is 11.7 Å².